The molecule has 0 spiro atoms. The van der Waals surface area contributed by atoms with E-state index in [0.29, 0.717) is 33.7 Å². The maximum atomic E-state index is 10.9. The van der Waals surface area contributed by atoms with Gasteiger partial charge in [-0.3, -0.25) is 4.57 Å². The van der Waals surface area contributed by atoms with Crippen LogP contribution in [0, 0.1) is 0 Å². The van der Waals surface area contributed by atoms with E-state index in [2.05, 4.69) is 19.9 Å². The average molecular weight is 641 g/mol. The molecule has 44 heavy (non-hydrogen) atoms. The van der Waals surface area contributed by atoms with Crippen molar-refractivity contribution < 1.29 is 53.4 Å². The van der Waals surface area contributed by atoms with Crippen LogP contribution in [0.4, 0.5) is 11.6 Å². The minimum Gasteiger partial charge on any atom is -0.394 e. The number of fused-ring (bicyclic) bond motifs is 2. The smallest absolute Gasteiger partial charge is 0.351 e. The third-order valence-electron chi connectivity index (χ3n) is 7.24. The first-order valence-electron chi connectivity index (χ1n) is 13.1. The quantitative estimate of drug-likeness (QED) is 0.110. The number of nitrogens with two attached hydrogens (primary N) is 2. The summed E-state index contributed by atoms with van der Waals surface area (Å²) in [7, 11) is -1.53. The lowest BCUT2D eigenvalue weighted by atomic mass is 10.1. The van der Waals surface area contributed by atoms with Crippen LogP contribution in [-0.2, 0) is 28.2 Å². The first-order valence-corrected chi connectivity index (χ1v) is 14.9. The van der Waals surface area contributed by atoms with Gasteiger partial charge in [-0.15, -0.1) is 0 Å². The maximum Gasteiger partial charge on any atom is 0.351 e. The molecule has 0 amide bonds. The Morgan fingerprint density at radius 1 is 0.864 bits per heavy atom. The molecule has 0 saturated carbocycles. The van der Waals surface area contributed by atoms with Gasteiger partial charge in [0.05, 0.1) is 17.4 Å². The molecule has 2 aliphatic rings. The van der Waals surface area contributed by atoms with Crippen LogP contribution in [0.15, 0.2) is 37.2 Å². The first-order chi connectivity index (χ1) is 21.0. The van der Waals surface area contributed by atoms with Crippen molar-refractivity contribution in [1.82, 2.24) is 29.1 Å². The summed E-state index contributed by atoms with van der Waals surface area (Å²) in [6.45, 7) is -0.284. The predicted molar refractivity (Wildman–Crippen MR) is 150 cm³/mol. The lowest BCUT2D eigenvalue weighted by Crippen LogP contribution is -2.34. The second-order valence-corrected chi connectivity index (χ2v) is 11.5. The van der Waals surface area contributed by atoms with E-state index >= 15 is 0 Å². The zero-order valence-corrected chi connectivity index (χ0v) is 24.4. The molecule has 0 aliphatic carbocycles. The Morgan fingerprint density at radius 3 is 1.84 bits per heavy atom. The van der Waals surface area contributed by atoms with E-state index in [4.69, 9.17) is 44.9 Å². The molecule has 4 aromatic heterocycles. The first kappa shape index (κ1) is 32.1. The summed E-state index contributed by atoms with van der Waals surface area (Å²) in [4.78, 5) is 33.9. The summed E-state index contributed by atoms with van der Waals surface area (Å²) in [5.74, 6) is 0.667. The van der Waals surface area contributed by atoms with Gasteiger partial charge < -0.3 is 69.4 Å². The molecule has 0 bridgehead atoms. The summed E-state index contributed by atoms with van der Waals surface area (Å²) in [5.41, 5.74) is 12.6. The molecule has 6 rings (SSSR count). The van der Waals surface area contributed by atoms with Crippen LogP contribution in [0.3, 0.4) is 0 Å². The molecule has 2 fully saturated rings. The molecule has 2 unspecified atom stereocenters. The van der Waals surface area contributed by atoms with Gasteiger partial charge in [0, 0.05) is 26.6 Å². The van der Waals surface area contributed by atoms with Crippen LogP contribution < -0.4 is 11.5 Å². The average Bonchev–Trinajstić information content (AvgIpc) is 3.75. The van der Waals surface area contributed by atoms with Crippen molar-refractivity contribution in [2.45, 2.75) is 49.3 Å². The van der Waals surface area contributed by atoms with Gasteiger partial charge in [0.25, 0.3) is 0 Å². The molecule has 9 N–H and O–H groups in total. The Kier molecular flexibility index (Phi) is 9.44. The summed E-state index contributed by atoms with van der Waals surface area (Å²) in [6.07, 6.45) is -1.77. The van der Waals surface area contributed by atoms with Crippen LogP contribution in [-0.4, -0.2) is 118 Å². The van der Waals surface area contributed by atoms with Crippen LogP contribution >= 0.6 is 7.60 Å². The number of hydrogen-bond donors (Lipinski definition) is 7. The normalized spacial score (nSPS) is 28.9. The second-order valence-electron chi connectivity index (χ2n) is 9.92. The van der Waals surface area contributed by atoms with Gasteiger partial charge in [0.1, 0.15) is 66.1 Å². The number of nitrogen functional groups attached to an aromatic ring is 2. The Balaban J connectivity index is 0.000000177. The highest BCUT2D eigenvalue weighted by Crippen LogP contribution is 2.39. The van der Waals surface area contributed by atoms with Crippen LogP contribution in [0.2, 0.25) is 0 Å². The fraction of sp³-hybridized carbons (Fsp3) is 0.500. The van der Waals surface area contributed by atoms with Gasteiger partial charge in [0.2, 0.25) is 0 Å². The van der Waals surface area contributed by atoms with Gasteiger partial charge in [-0.2, -0.15) is 0 Å². The van der Waals surface area contributed by atoms with Crippen LogP contribution in [0.5, 0.6) is 0 Å². The molecule has 2 saturated heterocycles. The van der Waals surface area contributed by atoms with Crippen LogP contribution in [0.25, 0.3) is 22.1 Å². The molecular weight excluding hydrogens is 607 g/mol. The number of nitrogens with zero attached hydrogens (tertiary/aromatic N) is 6. The highest BCUT2D eigenvalue weighted by atomic mass is 31.2. The highest BCUT2D eigenvalue weighted by Gasteiger charge is 2.47. The monoisotopic (exact) mass is 640 g/mol. The molecule has 0 aromatic carbocycles. The number of aliphatic hydroxyl groups excluding tert-OH is 3. The lowest BCUT2D eigenvalue weighted by Gasteiger charge is -2.20. The Bertz CT molecular complexity index is 1630. The highest BCUT2D eigenvalue weighted by molar-refractivity contribution is 7.51. The number of methoxy groups -OCH3 is 2. The minimum absolute atomic E-state index is 0.284. The third-order valence-corrected chi connectivity index (χ3v) is 7.73. The third kappa shape index (κ3) is 6.12. The second kappa shape index (κ2) is 13.0. The van der Waals surface area contributed by atoms with Crippen molar-refractivity contribution in [3.05, 3.63) is 37.2 Å². The molecule has 240 valence electrons. The van der Waals surface area contributed by atoms with E-state index in [1.165, 1.54) is 26.9 Å². The standard InChI is InChI=1S/C12H17N4O7P.C12H16N4O4/c1-21-8-7(17)12(22-5-24(18,19)20)23-11(8)16-3-2-6-9(13)14-4-15-10(6)16;1-19-9-8(18)7(4-17)20-12(9)16-3-2-6-10(13)14-5-15-11(6)16/h2-4,7-8,11-12,17H,5H2,1H3,(H2,13,14,15)(H2,18,19,20);2-3,5,7-9,12,17-18H,4H2,1H3,(H2,13,14,15)/t7?,8-,11-,12+;7-,8?,9-,12-/m11/s1. The van der Waals surface area contributed by atoms with Crippen molar-refractivity contribution in [2.24, 2.45) is 0 Å². The number of aromatic nitrogens is 6. The van der Waals surface area contributed by atoms with E-state index in [-0.39, 0.29) is 6.61 Å². The Morgan fingerprint density at radius 2 is 1.36 bits per heavy atom. The minimum atomic E-state index is -4.40. The largest absolute Gasteiger partial charge is 0.394 e. The lowest BCUT2D eigenvalue weighted by molar-refractivity contribution is -0.167. The summed E-state index contributed by atoms with van der Waals surface area (Å²) >= 11 is 0. The molecule has 19 nitrogen and oxygen atoms in total. The Labute approximate surface area is 249 Å². The Hall–Kier alpha value is -3.33. The molecule has 6 heterocycles. The number of rotatable bonds is 8. The maximum absolute atomic E-state index is 10.9. The topological polar surface area (TPSA) is 278 Å². The SMILES string of the molecule is CO[C@@H]1C(O)[C@@H](CO)O[C@H]1n1ccc2c(N)ncnc21.CO[C@@H]1C(O)[C@@H](OCP(=O)(O)O)O[C@H]1n1ccc2c(N)ncnc21. The van der Waals surface area contributed by atoms with E-state index in [1.807, 2.05) is 0 Å². The molecule has 8 atom stereocenters. The van der Waals surface area contributed by atoms with Crippen molar-refractivity contribution in [1.29, 1.82) is 0 Å². The summed E-state index contributed by atoms with van der Waals surface area (Å²) < 4.78 is 41.0. The van der Waals surface area contributed by atoms with Crippen molar-refractivity contribution in [2.75, 3.05) is 38.6 Å². The fourth-order valence-electron chi connectivity index (χ4n) is 5.15. The predicted octanol–water partition coefficient (Wildman–Crippen LogP) is -1.32. The molecule has 4 aromatic rings. The van der Waals surface area contributed by atoms with Gasteiger partial charge in [-0.1, -0.05) is 0 Å². The van der Waals surface area contributed by atoms with Gasteiger partial charge >= 0.3 is 7.60 Å². The van der Waals surface area contributed by atoms with Crippen molar-refractivity contribution in [3.8, 4) is 0 Å². The van der Waals surface area contributed by atoms with E-state index in [9.17, 15) is 19.9 Å². The van der Waals surface area contributed by atoms with E-state index in [0.717, 1.165) is 0 Å². The molecule has 20 heteroatoms. The molecular formula is C24H33N8O11P. The van der Waals surface area contributed by atoms with Crippen molar-refractivity contribution >= 4 is 41.3 Å². The van der Waals surface area contributed by atoms with E-state index in [1.54, 1.807) is 33.7 Å². The van der Waals surface area contributed by atoms with E-state index < -0.39 is 63.2 Å². The van der Waals surface area contributed by atoms with Gasteiger partial charge in [-0.25, -0.2) is 19.9 Å². The summed E-state index contributed by atoms with van der Waals surface area (Å²) in [5, 5.41) is 30.8. The fourth-order valence-corrected chi connectivity index (χ4v) is 5.49. The molecule has 0 radical (unpaired) electrons. The zero-order valence-electron chi connectivity index (χ0n) is 23.5. The number of aliphatic hydroxyl groups is 3. The van der Waals surface area contributed by atoms with Gasteiger partial charge in [0.15, 0.2) is 25.1 Å². The zero-order chi connectivity index (χ0) is 31.8. The number of hydrogen-bond acceptors (Lipinski definition) is 15. The van der Waals surface area contributed by atoms with Crippen LogP contribution in [0.1, 0.15) is 12.5 Å². The molecule has 2 aliphatic heterocycles. The van der Waals surface area contributed by atoms with Crippen molar-refractivity contribution in [3.63, 3.8) is 0 Å². The van der Waals surface area contributed by atoms with Gasteiger partial charge in [-0.05, 0) is 12.1 Å². The number of ether oxygens (including phenoxy) is 5. The summed E-state index contributed by atoms with van der Waals surface area (Å²) in [6, 6.07) is 3.47. The number of anilines is 2.